The van der Waals surface area contributed by atoms with E-state index in [9.17, 15) is 13.2 Å². The van der Waals surface area contributed by atoms with Crippen LogP contribution in [0, 0.1) is 0 Å². The molecule has 4 rings (SSSR count). The lowest BCUT2D eigenvalue weighted by atomic mass is 10.1. The van der Waals surface area contributed by atoms with Gasteiger partial charge in [-0.3, -0.25) is 5.10 Å². The van der Waals surface area contributed by atoms with Crippen LogP contribution in [-0.2, 0) is 0 Å². The lowest BCUT2D eigenvalue weighted by molar-refractivity contribution is -0.0528. The van der Waals surface area contributed by atoms with Crippen molar-refractivity contribution in [1.29, 1.82) is 0 Å². The summed E-state index contributed by atoms with van der Waals surface area (Å²) in [6.45, 7) is -3.65. The molecule has 1 atom stereocenters. The van der Waals surface area contributed by atoms with Crippen LogP contribution in [0.4, 0.5) is 24.8 Å². The number of aromatic amines is 1. The fourth-order valence-corrected chi connectivity index (χ4v) is 2.74. The van der Waals surface area contributed by atoms with Crippen molar-refractivity contribution < 1.29 is 17.9 Å². The number of H-pyrrole nitrogens is 1. The van der Waals surface area contributed by atoms with Crippen LogP contribution >= 0.6 is 0 Å². The first kappa shape index (κ1) is 17.8. The maximum Gasteiger partial charge on any atom is 0.388 e. The van der Waals surface area contributed by atoms with Gasteiger partial charge in [-0.15, -0.1) is 5.10 Å². The zero-order valence-electron chi connectivity index (χ0n) is 14.3. The van der Waals surface area contributed by atoms with Crippen LogP contribution in [0.15, 0.2) is 48.8 Å². The summed E-state index contributed by atoms with van der Waals surface area (Å²) in [4.78, 5) is 8.67. The molecule has 1 aromatic carbocycles. The topological polar surface area (TPSA) is 93.5 Å². The Balaban J connectivity index is 1.63. The second kappa shape index (κ2) is 7.55. The fourth-order valence-electron chi connectivity index (χ4n) is 2.74. The third-order valence-corrected chi connectivity index (χ3v) is 3.96. The third-order valence-electron chi connectivity index (χ3n) is 3.96. The molecule has 0 saturated carbocycles. The number of alkyl halides is 3. The predicted octanol–water partition coefficient (Wildman–Crippen LogP) is 3.45. The minimum absolute atomic E-state index is 0.266. The van der Waals surface area contributed by atoms with Gasteiger partial charge in [0.25, 0.3) is 0 Å². The van der Waals surface area contributed by atoms with Crippen LogP contribution in [0.3, 0.4) is 0 Å². The molecule has 0 bridgehead atoms. The molecule has 1 unspecified atom stereocenters. The molecule has 0 aliphatic carbocycles. The maximum atomic E-state index is 13.8. The Labute approximate surface area is 156 Å². The lowest BCUT2D eigenvalue weighted by Gasteiger charge is -2.15. The van der Waals surface area contributed by atoms with Crippen molar-refractivity contribution >= 4 is 22.8 Å². The predicted molar refractivity (Wildman–Crippen MR) is 94.4 cm³/mol. The minimum Gasteiger partial charge on any atom is -0.415 e. The standard InChI is InChI=1S/C17H14F3N7O/c18-7-12(10-4-2-1-3-5-10)27-16-11(8-22-27)21-9-14(24-16)23-13-6-15(26-25-13)28-17(19)20/h1-6,8-9,12,17H,7H2,(H2,23,24,25,26). The van der Waals surface area contributed by atoms with Crippen LogP contribution < -0.4 is 10.1 Å². The molecular formula is C17H14F3N7O. The molecule has 0 amide bonds. The monoisotopic (exact) mass is 389 g/mol. The highest BCUT2D eigenvalue weighted by atomic mass is 19.3. The third kappa shape index (κ3) is 3.59. The molecule has 0 fully saturated rings. The molecule has 0 saturated heterocycles. The van der Waals surface area contributed by atoms with Crippen molar-refractivity contribution in [1.82, 2.24) is 29.9 Å². The first-order chi connectivity index (χ1) is 13.6. The molecule has 8 nitrogen and oxygen atoms in total. The highest BCUT2D eigenvalue weighted by Gasteiger charge is 2.19. The van der Waals surface area contributed by atoms with E-state index in [1.807, 2.05) is 30.3 Å². The summed E-state index contributed by atoms with van der Waals surface area (Å²) < 4.78 is 43.9. The van der Waals surface area contributed by atoms with E-state index < -0.39 is 19.3 Å². The summed E-state index contributed by atoms with van der Waals surface area (Å²) in [6.07, 6.45) is 2.94. The number of rotatable bonds is 7. The molecule has 3 aromatic heterocycles. The number of benzene rings is 1. The van der Waals surface area contributed by atoms with Gasteiger partial charge in [0, 0.05) is 6.07 Å². The average Bonchev–Trinajstić information content (AvgIpc) is 3.30. The second-order valence-corrected chi connectivity index (χ2v) is 5.76. The van der Waals surface area contributed by atoms with Gasteiger partial charge in [0.15, 0.2) is 11.5 Å². The smallest absolute Gasteiger partial charge is 0.388 e. The fraction of sp³-hybridized carbons (Fsp3) is 0.176. The summed E-state index contributed by atoms with van der Waals surface area (Å²) in [5, 5.41) is 13.2. The van der Waals surface area contributed by atoms with E-state index in [0.29, 0.717) is 17.0 Å². The van der Waals surface area contributed by atoms with Crippen molar-refractivity contribution in [2.45, 2.75) is 12.7 Å². The molecule has 11 heteroatoms. The normalized spacial score (nSPS) is 12.4. The zero-order chi connectivity index (χ0) is 19.5. The highest BCUT2D eigenvalue weighted by molar-refractivity contribution is 5.72. The van der Waals surface area contributed by atoms with Gasteiger partial charge in [0.1, 0.15) is 24.1 Å². The van der Waals surface area contributed by atoms with Gasteiger partial charge in [-0.1, -0.05) is 30.3 Å². The van der Waals surface area contributed by atoms with Gasteiger partial charge in [0.2, 0.25) is 5.88 Å². The van der Waals surface area contributed by atoms with Gasteiger partial charge in [-0.25, -0.2) is 19.0 Å². The van der Waals surface area contributed by atoms with Crippen molar-refractivity contribution in [3.8, 4) is 5.88 Å². The van der Waals surface area contributed by atoms with E-state index in [1.165, 1.54) is 23.1 Å². The Bertz CT molecular complexity index is 1070. The summed E-state index contributed by atoms with van der Waals surface area (Å²) in [7, 11) is 0. The Morgan fingerprint density at radius 1 is 1.18 bits per heavy atom. The van der Waals surface area contributed by atoms with Crippen LogP contribution in [0.25, 0.3) is 11.2 Å². The Morgan fingerprint density at radius 2 is 2.00 bits per heavy atom. The Kier molecular flexibility index (Phi) is 4.79. The largest absolute Gasteiger partial charge is 0.415 e. The van der Waals surface area contributed by atoms with Gasteiger partial charge < -0.3 is 10.1 Å². The first-order valence-corrected chi connectivity index (χ1v) is 8.22. The van der Waals surface area contributed by atoms with E-state index in [0.717, 1.165) is 5.56 Å². The zero-order valence-corrected chi connectivity index (χ0v) is 14.3. The van der Waals surface area contributed by atoms with Crippen LogP contribution in [-0.4, -0.2) is 43.2 Å². The quantitative estimate of drug-likeness (QED) is 0.503. The van der Waals surface area contributed by atoms with E-state index >= 15 is 0 Å². The number of fused-ring (bicyclic) bond motifs is 1. The highest BCUT2D eigenvalue weighted by Crippen LogP contribution is 2.24. The lowest BCUT2D eigenvalue weighted by Crippen LogP contribution is -2.15. The molecule has 2 N–H and O–H groups in total. The number of ether oxygens (including phenoxy) is 1. The second-order valence-electron chi connectivity index (χ2n) is 5.76. The van der Waals surface area contributed by atoms with Gasteiger partial charge in [-0.2, -0.15) is 13.9 Å². The van der Waals surface area contributed by atoms with Crippen molar-refractivity contribution in [3.63, 3.8) is 0 Å². The van der Waals surface area contributed by atoms with E-state index in [1.54, 1.807) is 0 Å². The number of halogens is 3. The molecule has 0 radical (unpaired) electrons. The van der Waals surface area contributed by atoms with Crippen molar-refractivity contribution in [2.75, 3.05) is 12.0 Å². The number of nitrogens with zero attached hydrogens (tertiary/aromatic N) is 5. The van der Waals surface area contributed by atoms with Gasteiger partial charge in [-0.05, 0) is 5.56 Å². The molecule has 0 aliphatic heterocycles. The SMILES string of the molecule is FCC(c1ccccc1)n1ncc2ncc(Nc3cc(OC(F)F)n[nH]3)nc21. The Hall–Kier alpha value is -3.63. The van der Waals surface area contributed by atoms with Gasteiger partial charge >= 0.3 is 6.61 Å². The van der Waals surface area contributed by atoms with E-state index in [4.69, 9.17) is 0 Å². The molecule has 0 aliphatic rings. The maximum absolute atomic E-state index is 13.8. The van der Waals surface area contributed by atoms with Gasteiger partial charge in [0.05, 0.1) is 12.4 Å². The molecular weight excluding hydrogens is 375 g/mol. The number of hydrogen-bond acceptors (Lipinski definition) is 6. The van der Waals surface area contributed by atoms with Crippen LogP contribution in [0.2, 0.25) is 0 Å². The van der Waals surface area contributed by atoms with E-state index in [-0.39, 0.29) is 11.7 Å². The summed E-state index contributed by atoms with van der Waals surface area (Å²) in [5.74, 6) is 0.311. The minimum atomic E-state index is -2.97. The van der Waals surface area contributed by atoms with E-state index in [2.05, 4.69) is 35.3 Å². The summed E-state index contributed by atoms with van der Waals surface area (Å²) in [6, 6.07) is 9.70. The summed E-state index contributed by atoms with van der Waals surface area (Å²) in [5.41, 5.74) is 1.61. The number of hydrogen-bond donors (Lipinski definition) is 2. The Morgan fingerprint density at radius 3 is 2.75 bits per heavy atom. The summed E-state index contributed by atoms with van der Waals surface area (Å²) >= 11 is 0. The number of nitrogens with one attached hydrogen (secondary N) is 2. The number of aromatic nitrogens is 6. The first-order valence-electron chi connectivity index (χ1n) is 8.22. The number of anilines is 2. The molecule has 144 valence electrons. The molecule has 4 aromatic rings. The van der Waals surface area contributed by atoms with Crippen LogP contribution in [0.5, 0.6) is 5.88 Å². The van der Waals surface area contributed by atoms with Crippen molar-refractivity contribution in [3.05, 3.63) is 54.4 Å². The average molecular weight is 389 g/mol. The molecule has 28 heavy (non-hydrogen) atoms. The molecule has 3 heterocycles. The molecule has 0 spiro atoms. The van der Waals surface area contributed by atoms with Crippen LogP contribution in [0.1, 0.15) is 11.6 Å². The van der Waals surface area contributed by atoms with Crippen molar-refractivity contribution in [2.24, 2.45) is 0 Å².